The minimum atomic E-state index is -0.185. The van der Waals surface area contributed by atoms with Crippen molar-refractivity contribution in [3.63, 3.8) is 0 Å². The SMILES string of the molecule is COC(C)(C)CCn1cc(I)c(C)cc1=O. The van der Waals surface area contributed by atoms with Gasteiger partial charge in [0.25, 0.3) is 5.56 Å². The molecular weight excluding hydrogens is 317 g/mol. The van der Waals surface area contributed by atoms with Crippen LogP contribution in [0.5, 0.6) is 0 Å². The van der Waals surface area contributed by atoms with Crippen LogP contribution in [0.4, 0.5) is 0 Å². The number of methoxy groups -OCH3 is 1. The maximum Gasteiger partial charge on any atom is 0.250 e. The molecule has 1 aromatic rings. The molecule has 0 spiro atoms. The third-order valence-corrected chi connectivity index (χ3v) is 3.91. The van der Waals surface area contributed by atoms with Crippen molar-refractivity contribution < 1.29 is 4.74 Å². The summed E-state index contributed by atoms with van der Waals surface area (Å²) in [7, 11) is 1.70. The summed E-state index contributed by atoms with van der Waals surface area (Å²) in [4.78, 5) is 11.7. The Kier molecular flexibility index (Phi) is 4.55. The van der Waals surface area contributed by atoms with E-state index in [1.54, 1.807) is 17.7 Å². The molecule has 0 atom stereocenters. The molecule has 0 aliphatic carbocycles. The highest BCUT2D eigenvalue weighted by Gasteiger charge is 2.16. The van der Waals surface area contributed by atoms with Crippen LogP contribution in [0.25, 0.3) is 0 Å². The summed E-state index contributed by atoms with van der Waals surface area (Å²) in [5.41, 5.74) is 0.910. The molecule has 0 aromatic carbocycles. The molecule has 1 rings (SSSR count). The zero-order valence-corrected chi connectivity index (χ0v) is 12.4. The van der Waals surface area contributed by atoms with Gasteiger partial charge in [0, 0.05) is 29.5 Å². The second-order valence-electron chi connectivity index (χ2n) is 4.55. The average molecular weight is 335 g/mol. The molecule has 4 heteroatoms. The van der Waals surface area contributed by atoms with Gasteiger partial charge in [-0.1, -0.05) is 0 Å². The van der Waals surface area contributed by atoms with Gasteiger partial charge in [-0.25, -0.2) is 0 Å². The molecule has 0 bridgehead atoms. The number of nitrogens with zero attached hydrogens (tertiary/aromatic N) is 1. The first kappa shape index (κ1) is 13.7. The van der Waals surface area contributed by atoms with Crippen LogP contribution in [-0.2, 0) is 11.3 Å². The van der Waals surface area contributed by atoms with Crippen molar-refractivity contribution in [1.29, 1.82) is 0 Å². The Bertz CT molecular complexity index is 424. The number of rotatable bonds is 4. The molecule has 1 heterocycles. The van der Waals surface area contributed by atoms with Gasteiger partial charge < -0.3 is 9.30 Å². The molecule has 0 saturated heterocycles. The van der Waals surface area contributed by atoms with Gasteiger partial charge in [-0.05, 0) is 55.3 Å². The van der Waals surface area contributed by atoms with Crippen molar-refractivity contribution in [2.75, 3.05) is 7.11 Å². The molecule has 0 radical (unpaired) electrons. The Balaban J connectivity index is 2.83. The second kappa shape index (κ2) is 5.31. The van der Waals surface area contributed by atoms with Gasteiger partial charge in [0.1, 0.15) is 0 Å². The highest BCUT2D eigenvalue weighted by atomic mass is 127. The summed E-state index contributed by atoms with van der Waals surface area (Å²) in [6, 6.07) is 1.68. The van der Waals surface area contributed by atoms with Crippen molar-refractivity contribution in [3.05, 3.63) is 31.8 Å². The number of aryl methyl sites for hydroxylation is 2. The van der Waals surface area contributed by atoms with Crippen molar-refractivity contribution in [2.45, 2.75) is 39.3 Å². The largest absolute Gasteiger partial charge is 0.379 e. The lowest BCUT2D eigenvalue weighted by atomic mass is 10.1. The summed E-state index contributed by atoms with van der Waals surface area (Å²) >= 11 is 2.25. The van der Waals surface area contributed by atoms with Gasteiger partial charge in [-0.2, -0.15) is 0 Å². The average Bonchev–Trinajstić information content (AvgIpc) is 2.22. The van der Waals surface area contributed by atoms with Crippen LogP contribution in [0, 0.1) is 10.5 Å². The fraction of sp³-hybridized carbons (Fsp3) is 0.583. The van der Waals surface area contributed by atoms with E-state index < -0.39 is 0 Å². The maximum absolute atomic E-state index is 11.7. The van der Waals surface area contributed by atoms with E-state index in [0.29, 0.717) is 6.54 Å². The third-order valence-electron chi connectivity index (χ3n) is 2.78. The molecule has 0 saturated carbocycles. The van der Waals surface area contributed by atoms with Crippen LogP contribution in [-0.4, -0.2) is 17.3 Å². The molecule has 16 heavy (non-hydrogen) atoms. The fourth-order valence-corrected chi connectivity index (χ4v) is 1.80. The van der Waals surface area contributed by atoms with Gasteiger partial charge in [0.2, 0.25) is 0 Å². The lowest BCUT2D eigenvalue weighted by molar-refractivity contribution is 0.0118. The van der Waals surface area contributed by atoms with Crippen LogP contribution < -0.4 is 5.56 Å². The standard InChI is InChI=1S/C12H18INO2/c1-9-7-11(15)14(8-10(9)13)6-5-12(2,3)16-4/h7-8H,5-6H2,1-4H3. The Morgan fingerprint density at radius 3 is 2.69 bits per heavy atom. The van der Waals surface area contributed by atoms with Gasteiger partial charge in [0.15, 0.2) is 0 Å². The van der Waals surface area contributed by atoms with Crippen LogP contribution in [0.3, 0.4) is 0 Å². The van der Waals surface area contributed by atoms with E-state index in [9.17, 15) is 4.79 Å². The lowest BCUT2D eigenvalue weighted by Crippen LogP contribution is -2.28. The van der Waals surface area contributed by atoms with Crippen molar-refractivity contribution in [3.8, 4) is 0 Å². The van der Waals surface area contributed by atoms with E-state index in [0.717, 1.165) is 15.6 Å². The molecule has 90 valence electrons. The highest BCUT2D eigenvalue weighted by molar-refractivity contribution is 14.1. The van der Waals surface area contributed by atoms with E-state index >= 15 is 0 Å². The van der Waals surface area contributed by atoms with Crippen LogP contribution in [0.1, 0.15) is 25.8 Å². The number of ether oxygens (including phenoxy) is 1. The molecular formula is C12H18INO2. The van der Waals surface area contributed by atoms with E-state index in [1.807, 2.05) is 27.0 Å². The molecule has 0 N–H and O–H groups in total. The maximum atomic E-state index is 11.7. The van der Waals surface area contributed by atoms with Gasteiger partial charge >= 0.3 is 0 Å². The van der Waals surface area contributed by atoms with E-state index in [1.165, 1.54) is 0 Å². The Morgan fingerprint density at radius 1 is 1.50 bits per heavy atom. The summed E-state index contributed by atoms with van der Waals surface area (Å²) in [5, 5.41) is 0. The number of hydrogen-bond acceptors (Lipinski definition) is 2. The van der Waals surface area contributed by atoms with E-state index in [-0.39, 0.29) is 11.2 Å². The molecule has 1 aromatic heterocycles. The predicted molar refractivity (Wildman–Crippen MR) is 73.9 cm³/mol. The summed E-state index contributed by atoms with van der Waals surface area (Å²) in [6.45, 7) is 6.69. The summed E-state index contributed by atoms with van der Waals surface area (Å²) in [5.74, 6) is 0. The zero-order chi connectivity index (χ0) is 12.3. The monoisotopic (exact) mass is 335 g/mol. The quantitative estimate of drug-likeness (QED) is 0.792. The van der Waals surface area contributed by atoms with Crippen LogP contribution in [0.15, 0.2) is 17.1 Å². The number of pyridine rings is 1. The highest BCUT2D eigenvalue weighted by Crippen LogP contribution is 2.14. The Hall–Kier alpha value is -0.360. The van der Waals surface area contributed by atoms with Crippen LogP contribution >= 0.6 is 22.6 Å². The molecule has 3 nitrogen and oxygen atoms in total. The zero-order valence-electron chi connectivity index (χ0n) is 10.2. The number of aromatic nitrogens is 1. The Morgan fingerprint density at radius 2 is 2.12 bits per heavy atom. The van der Waals surface area contributed by atoms with Gasteiger partial charge in [-0.15, -0.1) is 0 Å². The predicted octanol–water partition coefficient (Wildman–Crippen LogP) is 2.58. The van der Waals surface area contributed by atoms with E-state index in [4.69, 9.17) is 4.74 Å². The minimum absolute atomic E-state index is 0.0600. The smallest absolute Gasteiger partial charge is 0.250 e. The lowest BCUT2D eigenvalue weighted by Gasteiger charge is -2.23. The first-order chi connectivity index (χ1) is 7.35. The van der Waals surface area contributed by atoms with E-state index in [2.05, 4.69) is 22.6 Å². The van der Waals surface area contributed by atoms with Gasteiger partial charge in [-0.3, -0.25) is 4.79 Å². The Labute approximate surface area is 110 Å². The minimum Gasteiger partial charge on any atom is -0.379 e. The van der Waals surface area contributed by atoms with Crippen molar-refractivity contribution >= 4 is 22.6 Å². The third kappa shape index (κ3) is 3.59. The first-order valence-electron chi connectivity index (χ1n) is 5.27. The molecule has 0 fully saturated rings. The summed E-state index contributed by atoms with van der Waals surface area (Å²) in [6.07, 6.45) is 2.73. The number of hydrogen-bond donors (Lipinski definition) is 0. The molecule has 0 amide bonds. The molecule has 0 aliphatic rings. The number of halogens is 1. The first-order valence-corrected chi connectivity index (χ1v) is 6.35. The van der Waals surface area contributed by atoms with Crippen LogP contribution in [0.2, 0.25) is 0 Å². The van der Waals surface area contributed by atoms with Crippen molar-refractivity contribution in [1.82, 2.24) is 4.57 Å². The topological polar surface area (TPSA) is 31.2 Å². The second-order valence-corrected chi connectivity index (χ2v) is 5.71. The summed E-state index contributed by atoms with van der Waals surface area (Å²) < 4.78 is 8.20. The molecule has 0 aliphatic heterocycles. The van der Waals surface area contributed by atoms with Gasteiger partial charge in [0.05, 0.1) is 5.60 Å². The normalized spacial score (nSPS) is 11.8. The molecule has 0 unspecified atom stereocenters. The van der Waals surface area contributed by atoms with Crippen molar-refractivity contribution in [2.24, 2.45) is 0 Å². The fourth-order valence-electron chi connectivity index (χ4n) is 1.31.